The largest absolute Gasteiger partial charge is 0.494 e. The van der Waals surface area contributed by atoms with Crippen LogP contribution in [0, 0.1) is 0 Å². The number of rotatable bonds is 7. The van der Waals surface area contributed by atoms with Gasteiger partial charge >= 0.3 is 0 Å². The van der Waals surface area contributed by atoms with Crippen LogP contribution in [0.25, 0.3) is 11.3 Å². The second kappa shape index (κ2) is 9.42. The van der Waals surface area contributed by atoms with Gasteiger partial charge in [-0.05, 0) is 48.9 Å². The van der Waals surface area contributed by atoms with Crippen molar-refractivity contribution in [3.8, 4) is 17.0 Å². The number of carbonyl (C=O) groups excluding carboxylic acids is 1. The molecule has 8 heteroatoms. The zero-order valence-corrected chi connectivity index (χ0v) is 17.1. The van der Waals surface area contributed by atoms with Gasteiger partial charge in [-0.25, -0.2) is 4.98 Å². The van der Waals surface area contributed by atoms with Crippen molar-refractivity contribution in [3.05, 3.63) is 62.9 Å². The number of benzene rings is 2. The number of aromatic nitrogens is 1. The lowest BCUT2D eigenvalue weighted by Gasteiger charge is -2.06. The van der Waals surface area contributed by atoms with Crippen molar-refractivity contribution in [1.29, 1.82) is 0 Å². The molecule has 0 bridgehead atoms. The van der Waals surface area contributed by atoms with Crippen molar-refractivity contribution in [2.75, 3.05) is 11.9 Å². The van der Waals surface area contributed by atoms with Gasteiger partial charge in [0.15, 0.2) is 5.13 Å². The van der Waals surface area contributed by atoms with E-state index in [4.69, 9.17) is 39.5 Å². The minimum atomic E-state index is -0.113. The Morgan fingerprint density at radius 1 is 1.07 bits per heavy atom. The number of hydrogen-bond donors (Lipinski definition) is 1. The van der Waals surface area contributed by atoms with Crippen LogP contribution >= 0.6 is 46.1 Å². The molecule has 0 spiro atoms. The van der Waals surface area contributed by atoms with Gasteiger partial charge in [-0.1, -0.05) is 34.8 Å². The van der Waals surface area contributed by atoms with Crippen LogP contribution in [0.3, 0.4) is 0 Å². The maximum Gasteiger partial charge on any atom is 0.226 e. The van der Waals surface area contributed by atoms with Crippen molar-refractivity contribution in [2.24, 2.45) is 0 Å². The van der Waals surface area contributed by atoms with E-state index in [-0.39, 0.29) is 5.91 Å². The van der Waals surface area contributed by atoms with Crippen LogP contribution in [0.1, 0.15) is 12.8 Å². The van der Waals surface area contributed by atoms with E-state index in [1.165, 1.54) is 11.3 Å². The fourth-order valence-electron chi connectivity index (χ4n) is 2.29. The van der Waals surface area contributed by atoms with Crippen LogP contribution in [0.2, 0.25) is 15.1 Å². The average Bonchev–Trinajstić information content (AvgIpc) is 3.08. The van der Waals surface area contributed by atoms with Gasteiger partial charge < -0.3 is 10.1 Å². The summed E-state index contributed by atoms with van der Waals surface area (Å²) < 4.78 is 5.57. The van der Waals surface area contributed by atoms with E-state index in [1.54, 1.807) is 42.5 Å². The summed E-state index contributed by atoms with van der Waals surface area (Å²) in [6, 6.07) is 12.3. The third kappa shape index (κ3) is 5.84. The van der Waals surface area contributed by atoms with E-state index < -0.39 is 0 Å². The highest BCUT2D eigenvalue weighted by molar-refractivity contribution is 7.14. The van der Waals surface area contributed by atoms with Crippen LogP contribution in [-0.2, 0) is 4.79 Å². The predicted octanol–water partition coefficient (Wildman–Crippen LogP) is 6.57. The molecule has 0 fully saturated rings. The van der Waals surface area contributed by atoms with Crippen LogP contribution in [0.15, 0.2) is 47.8 Å². The molecule has 2 aromatic carbocycles. The van der Waals surface area contributed by atoms with Gasteiger partial charge in [0.25, 0.3) is 0 Å². The smallest absolute Gasteiger partial charge is 0.226 e. The molecule has 3 rings (SSSR count). The molecule has 3 aromatic rings. The minimum Gasteiger partial charge on any atom is -0.494 e. The second-order valence-corrected chi connectivity index (χ2v) is 7.75. The predicted molar refractivity (Wildman–Crippen MR) is 112 cm³/mol. The highest BCUT2D eigenvalue weighted by Gasteiger charge is 2.11. The number of thiazole rings is 1. The first-order chi connectivity index (χ1) is 13.0. The molecule has 27 heavy (non-hydrogen) atoms. The Balaban J connectivity index is 1.47. The molecule has 0 unspecified atom stereocenters. The number of nitrogens with zero attached hydrogens (tertiary/aromatic N) is 1. The third-order valence-electron chi connectivity index (χ3n) is 3.59. The quantitative estimate of drug-likeness (QED) is 0.422. The van der Waals surface area contributed by atoms with Crippen molar-refractivity contribution in [3.63, 3.8) is 0 Å². The van der Waals surface area contributed by atoms with Crippen molar-refractivity contribution < 1.29 is 9.53 Å². The minimum absolute atomic E-state index is 0.113. The van der Waals surface area contributed by atoms with Crippen LogP contribution < -0.4 is 10.1 Å². The fraction of sp³-hybridized carbons (Fsp3) is 0.158. The fourth-order valence-corrected chi connectivity index (χ4v) is 3.65. The lowest BCUT2D eigenvalue weighted by atomic mass is 10.2. The zero-order valence-electron chi connectivity index (χ0n) is 14.0. The molecular formula is C19H15Cl3N2O2S. The molecule has 0 radical (unpaired) electrons. The normalized spacial score (nSPS) is 10.6. The molecule has 0 saturated heterocycles. The van der Waals surface area contributed by atoms with Crippen LogP contribution in [0.5, 0.6) is 5.75 Å². The topological polar surface area (TPSA) is 51.2 Å². The Hall–Kier alpha value is -1.79. The van der Waals surface area contributed by atoms with Crippen LogP contribution in [0.4, 0.5) is 5.13 Å². The first-order valence-corrected chi connectivity index (χ1v) is 10.1. The summed E-state index contributed by atoms with van der Waals surface area (Å²) in [5.74, 6) is 0.613. The summed E-state index contributed by atoms with van der Waals surface area (Å²) in [7, 11) is 0. The second-order valence-electron chi connectivity index (χ2n) is 5.62. The maximum absolute atomic E-state index is 12.1. The third-order valence-corrected chi connectivity index (χ3v) is 5.15. The zero-order chi connectivity index (χ0) is 19.2. The average molecular weight is 442 g/mol. The molecule has 0 saturated carbocycles. The van der Waals surface area contributed by atoms with Gasteiger partial charge in [0.1, 0.15) is 5.75 Å². The maximum atomic E-state index is 12.1. The van der Waals surface area contributed by atoms with E-state index in [2.05, 4.69) is 10.3 Å². The molecule has 4 nitrogen and oxygen atoms in total. The SMILES string of the molecule is O=C(CCCOc1ccc(Cl)cc1)Nc1nc(-c2ccc(Cl)cc2Cl)cs1. The number of amides is 1. The molecule has 1 N–H and O–H groups in total. The Bertz CT molecular complexity index is 929. The van der Waals surface area contributed by atoms with Gasteiger partial charge in [-0.15, -0.1) is 11.3 Å². The number of anilines is 1. The van der Waals surface area contributed by atoms with Crippen LogP contribution in [-0.4, -0.2) is 17.5 Å². The van der Waals surface area contributed by atoms with Crippen molar-refractivity contribution >= 4 is 57.2 Å². The number of nitrogens with one attached hydrogen (secondary N) is 1. The summed E-state index contributed by atoms with van der Waals surface area (Å²) in [5.41, 5.74) is 1.47. The van der Waals surface area contributed by atoms with Gasteiger partial charge in [0.2, 0.25) is 5.91 Å². The molecule has 0 atom stereocenters. The lowest BCUT2D eigenvalue weighted by Crippen LogP contribution is -2.12. The summed E-state index contributed by atoms with van der Waals surface area (Å²) in [6.07, 6.45) is 0.930. The van der Waals surface area contributed by atoms with Gasteiger partial charge in [0, 0.05) is 27.4 Å². The van der Waals surface area contributed by atoms with Gasteiger partial charge in [-0.2, -0.15) is 0 Å². The first kappa shape index (κ1) is 20.0. The standard InChI is InChI=1S/C19H15Cl3N2O2S/c20-12-3-6-14(7-4-12)26-9-1-2-18(25)24-19-23-17(11-27-19)15-8-5-13(21)10-16(15)22/h3-8,10-11H,1-2,9H2,(H,23,24,25). The molecular weight excluding hydrogens is 427 g/mol. The lowest BCUT2D eigenvalue weighted by molar-refractivity contribution is -0.116. The highest BCUT2D eigenvalue weighted by atomic mass is 35.5. The monoisotopic (exact) mass is 440 g/mol. The number of carbonyl (C=O) groups is 1. The Labute approximate surface area is 176 Å². The Morgan fingerprint density at radius 3 is 2.56 bits per heavy atom. The van der Waals surface area contributed by atoms with Crippen molar-refractivity contribution in [1.82, 2.24) is 4.98 Å². The number of halogens is 3. The molecule has 0 aliphatic carbocycles. The summed E-state index contributed by atoms with van der Waals surface area (Å²) >= 11 is 19.3. The molecule has 0 aliphatic rings. The first-order valence-electron chi connectivity index (χ1n) is 8.10. The highest BCUT2D eigenvalue weighted by Crippen LogP contribution is 2.32. The Morgan fingerprint density at radius 2 is 1.81 bits per heavy atom. The number of ether oxygens (including phenoxy) is 1. The van der Waals surface area contributed by atoms with Gasteiger partial charge in [-0.3, -0.25) is 4.79 Å². The van der Waals surface area contributed by atoms with E-state index in [9.17, 15) is 4.79 Å². The molecule has 1 amide bonds. The summed E-state index contributed by atoms with van der Waals surface area (Å²) in [4.78, 5) is 16.5. The number of hydrogen-bond acceptors (Lipinski definition) is 4. The van der Waals surface area contributed by atoms with Gasteiger partial charge in [0.05, 0.1) is 17.3 Å². The molecule has 1 aromatic heterocycles. The van der Waals surface area contributed by atoms with E-state index in [0.29, 0.717) is 45.3 Å². The van der Waals surface area contributed by atoms with E-state index in [1.807, 2.05) is 5.38 Å². The molecule has 1 heterocycles. The van der Waals surface area contributed by atoms with E-state index in [0.717, 1.165) is 11.3 Å². The summed E-state index contributed by atoms with van der Waals surface area (Å²) in [5, 5.41) is 6.90. The van der Waals surface area contributed by atoms with Crippen molar-refractivity contribution in [2.45, 2.75) is 12.8 Å². The molecule has 140 valence electrons. The molecule has 0 aliphatic heterocycles. The Kier molecular flexibility index (Phi) is 6.96. The summed E-state index contributed by atoms with van der Waals surface area (Å²) in [6.45, 7) is 0.443. The van der Waals surface area contributed by atoms with E-state index >= 15 is 0 Å².